The predicted octanol–water partition coefficient (Wildman–Crippen LogP) is 2.68. The van der Waals surface area contributed by atoms with E-state index in [-0.39, 0.29) is 36.4 Å². The van der Waals surface area contributed by atoms with E-state index >= 15 is 0 Å². The Hall–Kier alpha value is -1.96. The first-order valence-electron chi connectivity index (χ1n) is 8.25. The average Bonchev–Trinajstić information content (AvgIpc) is 3.26. The molecule has 0 heterocycles. The van der Waals surface area contributed by atoms with Gasteiger partial charge in [0.25, 0.3) is 5.91 Å². The van der Waals surface area contributed by atoms with Crippen molar-refractivity contribution < 1.29 is 27.5 Å². The number of hydrogen-bond donors (Lipinski definition) is 2. The fraction of sp³-hybridized carbons (Fsp3) is 0.529. The summed E-state index contributed by atoms with van der Waals surface area (Å²) in [5, 5.41) is 5.84. The Morgan fingerprint density at radius 2 is 1.62 bits per heavy atom. The van der Waals surface area contributed by atoms with E-state index in [0.717, 1.165) is 6.42 Å². The molecule has 2 N–H and O–H groups in total. The molecule has 26 heavy (non-hydrogen) atoms. The zero-order valence-electron chi connectivity index (χ0n) is 13.7. The molecule has 0 spiro atoms. The van der Waals surface area contributed by atoms with Crippen LogP contribution in [-0.4, -0.2) is 36.7 Å². The van der Waals surface area contributed by atoms with E-state index in [9.17, 15) is 22.8 Å². The molecule has 0 bridgehead atoms. The molecule has 2 saturated carbocycles. The Balaban J connectivity index is 1.43. The molecular formula is C17H18ClF3N2O3. The number of halogens is 4. The second-order valence-electron chi connectivity index (χ2n) is 6.68. The third-order valence-corrected chi connectivity index (χ3v) is 4.92. The van der Waals surface area contributed by atoms with Gasteiger partial charge >= 0.3 is 6.18 Å². The maximum atomic E-state index is 12.2. The van der Waals surface area contributed by atoms with Gasteiger partial charge in [0, 0.05) is 17.1 Å². The van der Waals surface area contributed by atoms with Crippen LogP contribution in [0.15, 0.2) is 24.3 Å². The topological polar surface area (TPSA) is 67.4 Å². The molecule has 2 aliphatic carbocycles. The van der Waals surface area contributed by atoms with Crippen molar-refractivity contribution in [1.29, 1.82) is 0 Å². The number of fused-ring (bicyclic) bond motifs is 1. The van der Waals surface area contributed by atoms with Gasteiger partial charge in [0.15, 0.2) is 6.61 Å². The summed E-state index contributed by atoms with van der Waals surface area (Å²) in [7, 11) is 0. The molecule has 9 heteroatoms. The van der Waals surface area contributed by atoms with Gasteiger partial charge in [0.05, 0.1) is 0 Å². The summed E-state index contributed by atoms with van der Waals surface area (Å²) in [6, 6.07) is 6.11. The van der Waals surface area contributed by atoms with Crippen molar-refractivity contribution in [2.75, 3.05) is 6.61 Å². The molecule has 3 rings (SSSR count). The van der Waals surface area contributed by atoms with E-state index in [1.54, 1.807) is 24.3 Å². The van der Waals surface area contributed by atoms with Gasteiger partial charge in [-0.15, -0.1) is 0 Å². The lowest BCUT2D eigenvalue weighted by Crippen LogP contribution is -2.42. The molecule has 142 valence electrons. The van der Waals surface area contributed by atoms with E-state index < -0.39 is 18.5 Å². The van der Waals surface area contributed by atoms with Gasteiger partial charge in [-0.25, -0.2) is 0 Å². The summed E-state index contributed by atoms with van der Waals surface area (Å²) in [6.45, 7) is -0.166. The largest absolute Gasteiger partial charge is 0.484 e. The molecule has 4 atom stereocenters. The maximum Gasteiger partial charge on any atom is 0.397 e. The van der Waals surface area contributed by atoms with Gasteiger partial charge in [-0.1, -0.05) is 11.6 Å². The van der Waals surface area contributed by atoms with Gasteiger partial charge in [0.2, 0.25) is 5.91 Å². The number of nitrogens with one attached hydrogen (secondary N) is 2. The summed E-state index contributed by atoms with van der Waals surface area (Å²) in [5.74, 6) is -0.484. The Morgan fingerprint density at radius 3 is 2.19 bits per heavy atom. The highest BCUT2D eigenvalue weighted by atomic mass is 35.5. The highest BCUT2D eigenvalue weighted by molar-refractivity contribution is 6.30. The van der Waals surface area contributed by atoms with E-state index in [2.05, 4.69) is 10.6 Å². The Morgan fingerprint density at radius 1 is 1.04 bits per heavy atom. The molecule has 0 radical (unpaired) electrons. The molecule has 2 fully saturated rings. The van der Waals surface area contributed by atoms with Crippen molar-refractivity contribution in [1.82, 2.24) is 10.6 Å². The van der Waals surface area contributed by atoms with Crippen LogP contribution in [0.3, 0.4) is 0 Å². The second-order valence-corrected chi connectivity index (χ2v) is 7.12. The normalized spacial score (nSPS) is 26.8. The molecule has 2 amide bonds. The molecule has 5 nitrogen and oxygen atoms in total. The number of carbonyl (C=O) groups excluding carboxylic acids is 2. The summed E-state index contributed by atoms with van der Waals surface area (Å²) < 4.78 is 42.1. The number of ether oxygens (including phenoxy) is 1. The van der Waals surface area contributed by atoms with Crippen molar-refractivity contribution in [3.8, 4) is 5.75 Å². The number of carbonyl (C=O) groups is 2. The van der Waals surface area contributed by atoms with E-state index in [1.807, 2.05) is 0 Å². The highest BCUT2D eigenvalue weighted by Crippen LogP contribution is 2.52. The molecular weight excluding hydrogens is 373 g/mol. The zero-order chi connectivity index (χ0) is 18.9. The van der Waals surface area contributed by atoms with Crippen LogP contribution < -0.4 is 15.4 Å². The fourth-order valence-electron chi connectivity index (χ4n) is 3.48. The van der Waals surface area contributed by atoms with Crippen molar-refractivity contribution in [2.45, 2.75) is 37.5 Å². The van der Waals surface area contributed by atoms with Crippen molar-refractivity contribution in [3.63, 3.8) is 0 Å². The van der Waals surface area contributed by atoms with Crippen LogP contribution in [0, 0.1) is 11.8 Å². The number of hydrogen-bond acceptors (Lipinski definition) is 3. The van der Waals surface area contributed by atoms with E-state index in [0.29, 0.717) is 17.2 Å². The van der Waals surface area contributed by atoms with Crippen molar-refractivity contribution in [2.24, 2.45) is 11.8 Å². The van der Waals surface area contributed by atoms with Crippen LogP contribution >= 0.6 is 11.6 Å². The van der Waals surface area contributed by atoms with Crippen molar-refractivity contribution >= 4 is 23.4 Å². The smallest absolute Gasteiger partial charge is 0.397 e. The number of benzene rings is 1. The first-order chi connectivity index (χ1) is 12.2. The van der Waals surface area contributed by atoms with E-state index in [1.165, 1.54) is 0 Å². The Labute approximate surface area is 153 Å². The lowest BCUT2D eigenvalue weighted by molar-refractivity contribution is -0.154. The van der Waals surface area contributed by atoms with Gasteiger partial charge < -0.3 is 15.4 Å². The third-order valence-electron chi connectivity index (χ3n) is 4.67. The van der Waals surface area contributed by atoms with Crippen LogP contribution in [-0.2, 0) is 9.59 Å². The summed E-state index contributed by atoms with van der Waals surface area (Å²) in [5.41, 5.74) is 0. The van der Waals surface area contributed by atoms with Gasteiger partial charge in [-0.2, -0.15) is 13.2 Å². The molecule has 2 aliphatic rings. The second kappa shape index (κ2) is 7.34. The summed E-state index contributed by atoms with van der Waals surface area (Å²) >= 11 is 5.77. The minimum atomic E-state index is -4.52. The standard InChI is InChI=1S/C17H18ClF3N2O3/c18-9-1-3-10(4-2-9)26-8-16(25)23-14-6-13(11-5-12(11)14)22-15(24)7-17(19,20)21/h1-4,11-14H,5-8H2,(H,22,24)(H,23,25)/t11?,12?,13-,14+/m1/s1. The SMILES string of the molecule is O=C(COc1ccc(Cl)cc1)N[C@H]1C[C@@H](NC(=O)CC(F)(F)F)C2CC21. The summed E-state index contributed by atoms with van der Waals surface area (Å²) in [6.07, 6.45) is -4.77. The Bertz CT molecular complexity index is 681. The molecule has 0 aliphatic heterocycles. The number of alkyl halides is 3. The number of rotatable bonds is 6. The van der Waals surface area contributed by atoms with Crippen molar-refractivity contribution in [3.05, 3.63) is 29.3 Å². The van der Waals surface area contributed by atoms with Gasteiger partial charge in [-0.3, -0.25) is 9.59 Å². The van der Waals surface area contributed by atoms with Crippen LogP contribution in [0.25, 0.3) is 0 Å². The minimum Gasteiger partial charge on any atom is -0.484 e. The van der Waals surface area contributed by atoms with Gasteiger partial charge in [0.1, 0.15) is 12.2 Å². The predicted molar refractivity (Wildman–Crippen MR) is 87.7 cm³/mol. The first kappa shape index (κ1) is 18.8. The number of amides is 2. The monoisotopic (exact) mass is 390 g/mol. The van der Waals surface area contributed by atoms with Crippen LogP contribution in [0.2, 0.25) is 5.02 Å². The van der Waals surface area contributed by atoms with Crippen LogP contribution in [0.5, 0.6) is 5.75 Å². The first-order valence-corrected chi connectivity index (χ1v) is 8.63. The lowest BCUT2D eigenvalue weighted by atomic mass is 10.1. The molecule has 2 unspecified atom stereocenters. The van der Waals surface area contributed by atoms with Crippen LogP contribution in [0.1, 0.15) is 19.3 Å². The highest BCUT2D eigenvalue weighted by Gasteiger charge is 2.55. The average molecular weight is 391 g/mol. The molecule has 1 aromatic rings. The molecule has 0 aromatic heterocycles. The Kier molecular flexibility index (Phi) is 5.32. The fourth-order valence-corrected chi connectivity index (χ4v) is 3.61. The zero-order valence-corrected chi connectivity index (χ0v) is 14.4. The molecule has 1 aromatic carbocycles. The van der Waals surface area contributed by atoms with Gasteiger partial charge in [-0.05, 0) is 48.9 Å². The quantitative estimate of drug-likeness (QED) is 0.784. The third kappa shape index (κ3) is 5.03. The maximum absolute atomic E-state index is 12.2. The van der Waals surface area contributed by atoms with E-state index in [4.69, 9.17) is 16.3 Å². The lowest BCUT2D eigenvalue weighted by Gasteiger charge is -2.19. The molecule has 0 saturated heterocycles. The minimum absolute atomic E-state index is 0.134. The van der Waals surface area contributed by atoms with Crippen LogP contribution in [0.4, 0.5) is 13.2 Å². The summed E-state index contributed by atoms with van der Waals surface area (Å²) in [4.78, 5) is 23.5.